The molecule has 3 aromatic rings. The summed E-state index contributed by atoms with van der Waals surface area (Å²) in [6.07, 6.45) is 6.50. The number of halogens is 2. The standard InChI is InChI=1S/C30H35F2N7O3/c1-2-4-37-5-3-19-17-39(18-27(19)37)26-12-24(32)22(21-14-34-30(35-15-21)38-6-8-42-9-7-38)11-25(26)36-29(41)23-16-33-28(40)10-20(23)13-31/h10-12,14-16,19,27H,2-9,13,17-18H2,1H3,(H,33,40)(H,36,41)/t19-,27+/m1/s1. The highest BCUT2D eigenvalue weighted by Gasteiger charge is 2.41. The molecule has 222 valence electrons. The molecule has 2 N–H and O–H groups in total. The average Bonchev–Trinajstić information content (AvgIpc) is 3.60. The minimum absolute atomic E-state index is 0.0135. The number of ether oxygens (including phenoxy) is 1. The van der Waals surface area contributed by atoms with Gasteiger partial charge in [0, 0.05) is 73.6 Å². The summed E-state index contributed by atoms with van der Waals surface area (Å²) in [5, 5.41) is 2.89. The number of amides is 1. The van der Waals surface area contributed by atoms with Gasteiger partial charge in [-0.15, -0.1) is 0 Å². The van der Waals surface area contributed by atoms with E-state index < -0.39 is 24.0 Å². The largest absolute Gasteiger partial charge is 0.378 e. The van der Waals surface area contributed by atoms with Crippen molar-refractivity contribution in [2.75, 3.05) is 67.6 Å². The van der Waals surface area contributed by atoms with Gasteiger partial charge in [-0.3, -0.25) is 14.5 Å². The lowest BCUT2D eigenvalue weighted by molar-refractivity contribution is 0.102. The van der Waals surface area contributed by atoms with Crippen LogP contribution in [0.5, 0.6) is 0 Å². The predicted molar refractivity (Wildman–Crippen MR) is 156 cm³/mol. The third-order valence-electron chi connectivity index (χ3n) is 8.49. The number of aromatic amines is 1. The number of nitrogens with zero attached hydrogens (tertiary/aromatic N) is 5. The molecule has 0 unspecified atom stereocenters. The third-order valence-corrected chi connectivity index (χ3v) is 8.49. The summed E-state index contributed by atoms with van der Waals surface area (Å²) >= 11 is 0. The molecule has 42 heavy (non-hydrogen) atoms. The number of nitrogens with one attached hydrogen (secondary N) is 2. The minimum atomic E-state index is -0.968. The molecule has 2 atom stereocenters. The van der Waals surface area contributed by atoms with Gasteiger partial charge in [0.15, 0.2) is 0 Å². The summed E-state index contributed by atoms with van der Waals surface area (Å²) in [5.41, 5.74) is 1.16. The minimum Gasteiger partial charge on any atom is -0.378 e. The fraction of sp³-hybridized carbons (Fsp3) is 0.467. The van der Waals surface area contributed by atoms with Gasteiger partial charge in [0.1, 0.15) is 12.5 Å². The number of anilines is 3. The zero-order valence-electron chi connectivity index (χ0n) is 23.6. The van der Waals surface area contributed by atoms with Gasteiger partial charge in [-0.1, -0.05) is 6.92 Å². The van der Waals surface area contributed by atoms with Crippen molar-refractivity contribution in [2.45, 2.75) is 32.5 Å². The van der Waals surface area contributed by atoms with Gasteiger partial charge in [-0.2, -0.15) is 0 Å². The number of carbonyl (C=O) groups excluding carboxylic acids is 1. The Labute approximate surface area is 242 Å². The van der Waals surface area contributed by atoms with Gasteiger partial charge in [0.25, 0.3) is 5.91 Å². The lowest BCUT2D eigenvalue weighted by atomic mass is 10.0. The van der Waals surface area contributed by atoms with Crippen molar-refractivity contribution in [3.63, 3.8) is 0 Å². The fourth-order valence-electron chi connectivity index (χ4n) is 6.37. The number of hydrogen-bond donors (Lipinski definition) is 2. The molecular weight excluding hydrogens is 544 g/mol. The lowest BCUT2D eigenvalue weighted by Gasteiger charge is -2.27. The SMILES string of the molecule is CCCN1CC[C@@H]2CN(c3cc(F)c(-c4cnc(N5CCOCC5)nc4)cc3NC(=O)c3c[nH]c(=O)cc3CF)C[C@@H]21. The average molecular weight is 580 g/mol. The summed E-state index contributed by atoms with van der Waals surface area (Å²) in [4.78, 5) is 43.1. The zero-order valence-corrected chi connectivity index (χ0v) is 23.6. The van der Waals surface area contributed by atoms with Crippen LogP contribution in [0.15, 0.2) is 41.6 Å². The molecule has 5 heterocycles. The number of likely N-dealkylation sites (tertiary alicyclic amines) is 1. The van der Waals surface area contributed by atoms with Crippen molar-refractivity contribution < 1.29 is 18.3 Å². The van der Waals surface area contributed by atoms with E-state index >= 15 is 4.39 Å². The quantitative estimate of drug-likeness (QED) is 0.418. The van der Waals surface area contributed by atoms with Gasteiger partial charge >= 0.3 is 0 Å². The van der Waals surface area contributed by atoms with Crippen LogP contribution in [0.1, 0.15) is 35.7 Å². The smallest absolute Gasteiger partial charge is 0.257 e. The van der Waals surface area contributed by atoms with E-state index in [0.717, 1.165) is 45.1 Å². The van der Waals surface area contributed by atoms with E-state index in [1.165, 1.54) is 12.3 Å². The molecule has 1 aromatic carbocycles. The number of alkyl halides is 1. The van der Waals surface area contributed by atoms with Crippen molar-refractivity contribution in [1.29, 1.82) is 0 Å². The van der Waals surface area contributed by atoms with Crippen LogP contribution in [0, 0.1) is 11.7 Å². The molecule has 1 amide bonds. The Morgan fingerprint density at radius 1 is 1.12 bits per heavy atom. The van der Waals surface area contributed by atoms with E-state index in [4.69, 9.17) is 4.74 Å². The van der Waals surface area contributed by atoms with Crippen molar-refractivity contribution >= 4 is 23.2 Å². The molecule has 3 aliphatic rings. The number of hydrogen-bond acceptors (Lipinski definition) is 8. The first-order valence-corrected chi connectivity index (χ1v) is 14.5. The summed E-state index contributed by atoms with van der Waals surface area (Å²) in [7, 11) is 0. The molecule has 2 aromatic heterocycles. The summed E-state index contributed by atoms with van der Waals surface area (Å²) in [6.45, 7) is 7.30. The highest BCUT2D eigenvalue weighted by Crippen LogP contribution is 2.40. The second kappa shape index (κ2) is 12.1. The lowest BCUT2D eigenvalue weighted by Crippen LogP contribution is -2.37. The van der Waals surface area contributed by atoms with Crippen LogP contribution in [0.25, 0.3) is 11.1 Å². The number of carbonyl (C=O) groups is 1. The van der Waals surface area contributed by atoms with Gasteiger partial charge < -0.3 is 24.8 Å². The number of benzene rings is 1. The van der Waals surface area contributed by atoms with Crippen molar-refractivity contribution in [3.05, 3.63) is 64.1 Å². The molecule has 3 fully saturated rings. The number of H-pyrrole nitrogens is 1. The maximum absolute atomic E-state index is 15.8. The van der Waals surface area contributed by atoms with Crippen molar-refractivity contribution in [3.8, 4) is 11.1 Å². The maximum Gasteiger partial charge on any atom is 0.257 e. The van der Waals surface area contributed by atoms with Crippen LogP contribution < -0.4 is 20.7 Å². The monoisotopic (exact) mass is 579 g/mol. The first-order chi connectivity index (χ1) is 20.4. The van der Waals surface area contributed by atoms with Gasteiger partial charge in [-0.05, 0) is 44.0 Å². The maximum atomic E-state index is 15.8. The van der Waals surface area contributed by atoms with E-state index in [1.54, 1.807) is 18.5 Å². The van der Waals surface area contributed by atoms with Crippen molar-refractivity contribution in [1.82, 2.24) is 19.9 Å². The number of morpholine rings is 1. The third kappa shape index (κ3) is 5.60. The molecule has 3 aliphatic heterocycles. The highest BCUT2D eigenvalue weighted by molar-refractivity contribution is 6.07. The van der Waals surface area contributed by atoms with Crippen molar-refractivity contribution in [2.24, 2.45) is 5.92 Å². The van der Waals surface area contributed by atoms with Crippen LogP contribution in [0.3, 0.4) is 0 Å². The molecule has 0 saturated carbocycles. The van der Waals surface area contributed by atoms with Crippen LogP contribution in [-0.4, -0.2) is 84.3 Å². The van der Waals surface area contributed by atoms with E-state index in [1.807, 2.05) is 4.90 Å². The molecule has 6 rings (SSSR count). The molecular formula is C30H35F2N7O3. The number of aromatic nitrogens is 3. The molecule has 0 aliphatic carbocycles. The summed E-state index contributed by atoms with van der Waals surface area (Å²) in [5.74, 6) is -0.0451. The number of rotatable bonds is 8. The first-order valence-electron chi connectivity index (χ1n) is 14.5. The summed E-state index contributed by atoms with van der Waals surface area (Å²) in [6, 6.07) is 4.49. The molecule has 0 spiro atoms. The van der Waals surface area contributed by atoms with E-state index in [2.05, 4.69) is 37.0 Å². The first kappa shape index (κ1) is 28.2. The Bertz CT molecular complexity index is 1490. The number of fused-ring (bicyclic) bond motifs is 1. The normalized spacial score (nSPS) is 20.6. The summed E-state index contributed by atoms with van der Waals surface area (Å²) < 4.78 is 34.9. The molecule has 12 heteroatoms. The molecule has 0 bridgehead atoms. The Hall–Kier alpha value is -3.90. The van der Waals surface area contributed by atoms with Crippen LogP contribution in [-0.2, 0) is 11.4 Å². The number of pyridine rings is 1. The van der Waals surface area contributed by atoms with Crippen LogP contribution >= 0.6 is 0 Å². The Balaban J connectivity index is 1.34. The predicted octanol–water partition coefficient (Wildman–Crippen LogP) is 3.45. The molecule has 10 nitrogen and oxygen atoms in total. The Morgan fingerprint density at radius 2 is 1.90 bits per heavy atom. The van der Waals surface area contributed by atoms with Gasteiger partial charge in [-0.25, -0.2) is 18.7 Å². The molecule has 3 saturated heterocycles. The van der Waals surface area contributed by atoms with Crippen LogP contribution in [0.2, 0.25) is 0 Å². The second-order valence-electron chi connectivity index (χ2n) is 11.1. The Morgan fingerprint density at radius 3 is 2.64 bits per heavy atom. The molecule has 0 radical (unpaired) electrons. The van der Waals surface area contributed by atoms with Crippen LogP contribution in [0.4, 0.5) is 26.1 Å². The van der Waals surface area contributed by atoms with Gasteiger partial charge in [0.05, 0.1) is 30.2 Å². The van der Waals surface area contributed by atoms with E-state index in [9.17, 15) is 14.0 Å². The van der Waals surface area contributed by atoms with E-state index in [-0.39, 0.29) is 16.7 Å². The highest BCUT2D eigenvalue weighted by atomic mass is 19.1. The van der Waals surface area contributed by atoms with E-state index in [0.29, 0.717) is 61.1 Å². The Kier molecular flexibility index (Phi) is 8.16. The zero-order chi connectivity index (χ0) is 29.2. The second-order valence-corrected chi connectivity index (χ2v) is 11.1. The van der Waals surface area contributed by atoms with Gasteiger partial charge in [0.2, 0.25) is 11.5 Å². The fourth-order valence-corrected chi connectivity index (χ4v) is 6.37. The topological polar surface area (TPSA) is 107 Å².